The zero-order valence-electron chi connectivity index (χ0n) is 15.2. The average molecular weight is 387 g/mol. The SMILES string of the molecule is O=C(c1ccc(N2CCCC2)c(Cl)c1)N1CCOc2ccc(CO)cc2C1. The second-order valence-electron chi connectivity index (χ2n) is 7.04. The predicted octanol–water partition coefficient (Wildman–Crippen LogP) is 3.47. The molecule has 0 saturated carbocycles. The molecule has 1 N–H and O–H groups in total. The molecule has 0 bridgehead atoms. The summed E-state index contributed by atoms with van der Waals surface area (Å²) >= 11 is 6.48. The number of carbonyl (C=O) groups excluding carboxylic acids is 1. The van der Waals surface area contributed by atoms with Crippen molar-refractivity contribution < 1.29 is 14.6 Å². The van der Waals surface area contributed by atoms with Gasteiger partial charge >= 0.3 is 0 Å². The van der Waals surface area contributed by atoms with Crippen molar-refractivity contribution in [1.29, 1.82) is 0 Å². The van der Waals surface area contributed by atoms with Gasteiger partial charge in [-0.3, -0.25) is 4.79 Å². The van der Waals surface area contributed by atoms with E-state index in [0.29, 0.717) is 30.3 Å². The molecule has 4 rings (SSSR count). The third-order valence-corrected chi connectivity index (χ3v) is 5.52. The summed E-state index contributed by atoms with van der Waals surface area (Å²) in [5.74, 6) is 0.709. The van der Waals surface area contributed by atoms with Crippen LogP contribution in [0.4, 0.5) is 5.69 Å². The lowest BCUT2D eigenvalue weighted by molar-refractivity contribution is 0.0733. The van der Waals surface area contributed by atoms with Crippen LogP contribution in [0.25, 0.3) is 0 Å². The first-order valence-corrected chi connectivity index (χ1v) is 9.73. The fraction of sp³-hybridized carbons (Fsp3) is 0.381. The number of fused-ring (bicyclic) bond motifs is 1. The predicted molar refractivity (Wildman–Crippen MR) is 105 cm³/mol. The van der Waals surface area contributed by atoms with Gasteiger partial charge in [0.2, 0.25) is 0 Å². The fourth-order valence-electron chi connectivity index (χ4n) is 3.76. The van der Waals surface area contributed by atoms with Gasteiger partial charge in [0.05, 0.1) is 23.9 Å². The molecule has 6 heteroatoms. The van der Waals surface area contributed by atoms with Crippen LogP contribution in [-0.2, 0) is 13.2 Å². The van der Waals surface area contributed by atoms with Crippen LogP contribution in [-0.4, -0.2) is 42.2 Å². The molecule has 142 valence electrons. The molecule has 0 atom stereocenters. The highest BCUT2D eigenvalue weighted by Crippen LogP contribution is 2.31. The minimum Gasteiger partial charge on any atom is -0.491 e. The summed E-state index contributed by atoms with van der Waals surface area (Å²) < 4.78 is 5.77. The van der Waals surface area contributed by atoms with Crippen LogP contribution in [0.5, 0.6) is 5.75 Å². The molecule has 0 spiro atoms. The van der Waals surface area contributed by atoms with E-state index >= 15 is 0 Å². The Hall–Kier alpha value is -2.24. The lowest BCUT2D eigenvalue weighted by Crippen LogP contribution is -2.32. The highest BCUT2D eigenvalue weighted by Gasteiger charge is 2.23. The third-order valence-electron chi connectivity index (χ3n) is 5.22. The Balaban J connectivity index is 1.55. The Morgan fingerprint density at radius 3 is 2.67 bits per heavy atom. The largest absolute Gasteiger partial charge is 0.491 e. The maximum atomic E-state index is 13.1. The first-order valence-electron chi connectivity index (χ1n) is 9.35. The van der Waals surface area contributed by atoms with E-state index in [4.69, 9.17) is 16.3 Å². The smallest absolute Gasteiger partial charge is 0.254 e. The van der Waals surface area contributed by atoms with Gasteiger partial charge < -0.3 is 19.6 Å². The molecule has 5 nitrogen and oxygen atoms in total. The quantitative estimate of drug-likeness (QED) is 0.877. The van der Waals surface area contributed by atoms with E-state index in [0.717, 1.165) is 35.7 Å². The molecule has 2 aromatic carbocycles. The second kappa shape index (κ2) is 7.79. The number of anilines is 1. The van der Waals surface area contributed by atoms with Gasteiger partial charge in [0.15, 0.2) is 0 Å². The molecule has 2 aliphatic heterocycles. The second-order valence-corrected chi connectivity index (χ2v) is 7.44. The molecule has 1 fully saturated rings. The van der Waals surface area contributed by atoms with Gasteiger partial charge in [-0.15, -0.1) is 0 Å². The summed E-state index contributed by atoms with van der Waals surface area (Å²) in [6.07, 6.45) is 2.36. The van der Waals surface area contributed by atoms with E-state index in [1.165, 1.54) is 12.8 Å². The summed E-state index contributed by atoms with van der Waals surface area (Å²) in [4.78, 5) is 17.1. The number of nitrogens with zero attached hydrogens (tertiary/aromatic N) is 2. The van der Waals surface area contributed by atoms with E-state index in [9.17, 15) is 9.90 Å². The first kappa shape index (κ1) is 18.1. The van der Waals surface area contributed by atoms with Crippen molar-refractivity contribution in [3.05, 3.63) is 58.1 Å². The van der Waals surface area contributed by atoms with Gasteiger partial charge in [0.1, 0.15) is 12.4 Å². The molecule has 1 amide bonds. The molecule has 27 heavy (non-hydrogen) atoms. The number of hydrogen-bond acceptors (Lipinski definition) is 4. The number of aliphatic hydroxyl groups is 1. The minimum absolute atomic E-state index is 0.0329. The van der Waals surface area contributed by atoms with Crippen LogP contribution in [0.15, 0.2) is 36.4 Å². The van der Waals surface area contributed by atoms with Gasteiger partial charge in [0.25, 0.3) is 5.91 Å². The molecule has 1 saturated heterocycles. The Labute approximate surface area is 164 Å². The molecule has 2 heterocycles. The highest BCUT2D eigenvalue weighted by atomic mass is 35.5. The van der Waals surface area contributed by atoms with E-state index in [2.05, 4.69) is 4.90 Å². The normalized spacial score (nSPS) is 16.7. The first-order chi connectivity index (χ1) is 13.2. The zero-order chi connectivity index (χ0) is 18.8. The summed E-state index contributed by atoms with van der Waals surface area (Å²) in [5.41, 5.74) is 3.31. The van der Waals surface area contributed by atoms with Crippen LogP contribution in [0, 0.1) is 0 Å². The number of aliphatic hydroxyl groups excluding tert-OH is 1. The van der Waals surface area contributed by atoms with Crippen LogP contribution in [0.2, 0.25) is 5.02 Å². The lowest BCUT2D eigenvalue weighted by atomic mass is 10.1. The number of halogens is 1. The highest BCUT2D eigenvalue weighted by molar-refractivity contribution is 6.33. The summed E-state index contributed by atoms with van der Waals surface area (Å²) in [6, 6.07) is 11.2. The molecular formula is C21H23ClN2O3. The maximum absolute atomic E-state index is 13.1. The maximum Gasteiger partial charge on any atom is 0.254 e. The number of amides is 1. The van der Waals surface area contributed by atoms with Gasteiger partial charge in [-0.2, -0.15) is 0 Å². The Bertz CT molecular complexity index is 849. The van der Waals surface area contributed by atoms with Crippen molar-refractivity contribution in [3.8, 4) is 5.75 Å². The third kappa shape index (κ3) is 3.75. The van der Waals surface area contributed by atoms with Crippen molar-refractivity contribution in [2.24, 2.45) is 0 Å². The number of rotatable bonds is 3. The molecule has 0 radical (unpaired) electrons. The lowest BCUT2D eigenvalue weighted by Gasteiger charge is -2.22. The Kier molecular flexibility index (Phi) is 5.23. The summed E-state index contributed by atoms with van der Waals surface area (Å²) in [6.45, 7) is 3.40. The molecule has 2 aromatic rings. The number of hydrogen-bond donors (Lipinski definition) is 1. The topological polar surface area (TPSA) is 53.0 Å². The standard InChI is InChI=1S/C21H23ClN2O3/c22-18-12-16(4-5-19(18)23-7-1-2-8-23)21(26)24-9-10-27-20-6-3-15(14-25)11-17(20)13-24/h3-6,11-12,25H,1-2,7-10,13-14H2. The van der Waals surface area contributed by atoms with Crippen molar-refractivity contribution in [3.63, 3.8) is 0 Å². The molecule has 0 unspecified atom stereocenters. The van der Waals surface area contributed by atoms with Gasteiger partial charge in [-0.1, -0.05) is 17.7 Å². The average Bonchev–Trinajstić information content (AvgIpc) is 3.13. The van der Waals surface area contributed by atoms with Gasteiger partial charge in [-0.05, 0) is 48.7 Å². The van der Waals surface area contributed by atoms with Crippen molar-refractivity contribution in [2.45, 2.75) is 26.0 Å². The van der Waals surface area contributed by atoms with Crippen LogP contribution in [0.3, 0.4) is 0 Å². The van der Waals surface area contributed by atoms with Crippen LogP contribution in [0.1, 0.15) is 34.3 Å². The van der Waals surface area contributed by atoms with Gasteiger partial charge in [-0.25, -0.2) is 0 Å². The van der Waals surface area contributed by atoms with Crippen LogP contribution >= 0.6 is 11.6 Å². The van der Waals surface area contributed by atoms with Crippen LogP contribution < -0.4 is 9.64 Å². The fourth-order valence-corrected chi connectivity index (χ4v) is 4.06. The summed E-state index contributed by atoms with van der Waals surface area (Å²) in [7, 11) is 0. The Morgan fingerprint density at radius 2 is 1.93 bits per heavy atom. The molecular weight excluding hydrogens is 364 g/mol. The number of carbonyl (C=O) groups is 1. The molecule has 0 aromatic heterocycles. The minimum atomic E-state index is -0.0595. The monoisotopic (exact) mass is 386 g/mol. The van der Waals surface area contributed by atoms with Crippen molar-refractivity contribution in [1.82, 2.24) is 4.90 Å². The van der Waals surface area contributed by atoms with Crippen molar-refractivity contribution >= 4 is 23.2 Å². The van der Waals surface area contributed by atoms with E-state index in [1.54, 1.807) is 11.0 Å². The zero-order valence-corrected chi connectivity index (χ0v) is 15.9. The van der Waals surface area contributed by atoms with Crippen molar-refractivity contribution in [2.75, 3.05) is 31.1 Å². The summed E-state index contributed by atoms with van der Waals surface area (Å²) in [5, 5.41) is 9.99. The Morgan fingerprint density at radius 1 is 1.11 bits per heavy atom. The number of benzene rings is 2. The molecule has 2 aliphatic rings. The van der Waals surface area contributed by atoms with E-state index in [1.807, 2.05) is 30.3 Å². The number of ether oxygens (including phenoxy) is 1. The van der Waals surface area contributed by atoms with E-state index < -0.39 is 0 Å². The van der Waals surface area contributed by atoms with Gasteiger partial charge in [0, 0.05) is 30.8 Å². The van der Waals surface area contributed by atoms with E-state index in [-0.39, 0.29) is 12.5 Å². The molecule has 0 aliphatic carbocycles.